The van der Waals surface area contributed by atoms with Gasteiger partial charge in [0.2, 0.25) is 5.91 Å². The number of rotatable bonds is 4. The van der Waals surface area contributed by atoms with Crippen molar-refractivity contribution in [2.24, 2.45) is 0 Å². The molecule has 0 aliphatic rings. The molecule has 0 saturated carbocycles. The van der Waals surface area contributed by atoms with Crippen LogP contribution in [0.25, 0.3) is 21.7 Å². The van der Waals surface area contributed by atoms with Crippen molar-refractivity contribution in [1.29, 1.82) is 0 Å². The number of pyridine rings is 1. The summed E-state index contributed by atoms with van der Waals surface area (Å²) in [5.41, 5.74) is 0.142. The number of aromatic nitrogens is 3. The highest BCUT2D eigenvalue weighted by Crippen LogP contribution is 2.18. The first kappa shape index (κ1) is 19.3. The molecular weight excluding hydrogens is 410 g/mol. The van der Waals surface area contributed by atoms with Gasteiger partial charge in [0.05, 0.1) is 28.5 Å². The van der Waals surface area contributed by atoms with E-state index < -0.39 is 22.9 Å². The number of hydrogen-bond donors (Lipinski definition) is 4. The van der Waals surface area contributed by atoms with Crippen molar-refractivity contribution >= 4 is 50.8 Å². The van der Waals surface area contributed by atoms with Gasteiger partial charge in [0.25, 0.3) is 17.0 Å². The Bertz CT molecular complexity index is 1430. The fourth-order valence-corrected chi connectivity index (χ4v) is 3.19. The van der Waals surface area contributed by atoms with E-state index in [1.807, 2.05) is 0 Å². The molecule has 2 aromatic carbocycles. The lowest BCUT2D eigenvalue weighted by Gasteiger charge is -2.09. The summed E-state index contributed by atoms with van der Waals surface area (Å²) in [5.74, 6) is -1.00. The zero-order chi connectivity index (χ0) is 21.3. The fraction of sp³-hybridized carbons (Fsp3) is 0.0500. The summed E-state index contributed by atoms with van der Waals surface area (Å²) in [6, 6.07) is 12.8. The van der Waals surface area contributed by atoms with Crippen LogP contribution in [0, 0.1) is 0 Å². The van der Waals surface area contributed by atoms with E-state index in [2.05, 4.69) is 25.8 Å². The maximum Gasteiger partial charge on any atom is 0.272 e. The zero-order valence-electron chi connectivity index (χ0n) is 15.3. The second-order valence-electron chi connectivity index (χ2n) is 6.41. The third-order valence-electron chi connectivity index (χ3n) is 4.43. The summed E-state index contributed by atoms with van der Waals surface area (Å²) in [6.45, 7) is -0.326. The van der Waals surface area contributed by atoms with Crippen LogP contribution in [0.4, 0.5) is 5.69 Å². The second kappa shape index (κ2) is 7.80. The smallest absolute Gasteiger partial charge is 0.272 e. The van der Waals surface area contributed by atoms with Crippen molar-refractivity contribution < 1.29 is 9.59 Å². The Kier molecular flexibility index (Phi) is 5.03. The van der Waals surface area contributed by atoms with Crippen LogP contribution < -0.4 is 21.8 Å². The van der Waals surface area contributed by atoms with Crippen molar-refractivity contribution in [3.8, 4) is 0 Å². The van der Waals surface area contributed by atoms with Crippen LogP contribution >= 0.6 is 11.6 Å². The van der Waals surface area contributed by atoms with Gasteiger partial charge in [0.1, 0.15) is 5.15 Å². The number of nitrogens with zero attached hydrogens (tertiary/aromatic N) is 1. The lowest BCUT2D eigenvalue weighted by molar-refractivity contribution is -0.115. The van der Waals surface area contributed by atoms with Crippen molar-refractivity contribution in [3.63, 3.8) is 0 Å². The largest absolute Gasteiger partial charge is 0.343 e. The SMILES string of the molecule is O=C(CNC(=O)c1ccc2nc(Cl)ccc2c1)Nc1cccc2c(=O)[nH][nH]c(=O)c12. The first-order chi connectivity index (χ1) is 14.4. The van der Waals surface area contributed by atoms with Crippen LogP contribution in [0.1, 0.15) is 10.4 Å². The van der Waals surface area contributed by atoms with E-state index >= 15 is 0 Å². The van der Waals surface area contributed by atoms with Gasteiger partial charge in [0, 0.05) is 10.9 Å². The molecule has 30 heavy (non-hydrogen) atoms. The standard InChI is InChI=1S/C20H14ClN5O4/c21-15-7-5-10-8-11(4-6-13(10)23-15)18(28)22-9-16(27)24-14-3-1-2-12-17(14)20(30)26-25-19(12)29/h1-8H,9H2,(H,22,28)(H,24,27)(H,25,29)(H,26,30). The molecule has 150 valence electrons. The highest BCUT2D eigenvalue weighted by molar-refractivity contribution is 6.29. The molecule has 0 saturated heterocycles. The first-order valence-corrected chi connectivity index (χ1v) is 9.18. The Morgan fingerprint density at radius 2 is 1.80 bits per heavy atom. The minimum Gasteiger partial charge on any atom is -0.343 e. The highest BCUT2D eigenvalue weighted by Gasteiger charge is 2.13. The number of H-pyrrole nitrogens is 2. The number of benzene rings is 2. The lowest BCUT2D eigenvalue weighted by atomic mass is 10.1. The summed E-state index contributed by atoms with van der Waals surface area (Å²) in [4.78, 5) is 52.7. The van der Waals surface area contributed by atoms with Crippen LogP contribution in [0.3, 0.4) is 0 Å². The normalized spacial score (nSPS) is 10.8. The molecule has 0 radical (unpaired) electrons. The number of aromatic amines is 2. The van der Waals surface area contributed by atoms with Gasteiger partial charge in [-0.25, -0.2) is 4.98 Å². The Morgan fingerprint density at radius 1 is 1.00 bits per heavy atom. The van der Waals surface area contributed by atoms with Gasteiger partial charge in [-0.3, -0.25) is 29.4 Å². The maximum atomic E-state index is 12.4. The molecule has 0 fully saturated rings. The van der Waals surface area contributed by atoms with Crippen LogP contribution in [-0.2, 0) is 4.79 Å². The molecule has 0 unspecified atom stereocenters. The van der Waals surface area contributed by atoms with E-state index in [1.54, 1.807) is 36.4 Å². The van der Waals surface area contributed by atoms with E-state index in [9.17, 15) is 19.2 Å². The predicted molar refractivity (Wildman–Crippen MR) is 113 cm³/mol. The quantitative estimate of drug-likeness (QED) is 0.371. The van der Waals surface area contributed by atoms with Crippen molar-refractivity contribution in [3.05, 3.63) is 80.0 Å². The number of carbonyl (C=O) groups excluding carboxylic acids is 2. The molecule has 0 spiro atoms. The monoisotopic (exact) mass is 423 g/mol. The number of halogens is 1. The summed E-state index contributed by atoms with van der Waals surface area (Å²) in [7, 11) is 0. The molecule has 0 bridgehead atoms. The highest BCUT2D eigenvalue weighted by atomic mass is 35.5. The summed E-state index contributed by atoms with van der Waals surface area (Å²) < 4.78 is 0. The molecule has 2 heterocycles. The Balaban J connectivity index is 1.48. The lowest BCUT2D eigenvalue weighted by Crippen LogP contribution is -2.33. The summed E-state index contributed by atoms with van der Waals surface area (Å²) in [5, 5.41) is 10.8. The predicted octanol–water partition coefficient (Wildman–Crippen LogP) is 1.79. The Morgan fingerprint density at radius 3 is 2.63 bits per heavy atom. The number of amides is 2. The minimum atomic E-state index is -0.551. The molecule has 0 aliphatic heterocycles. The van der Waals surface area contributed by atoms with Gasteiger partial charge in [0.15, 0.2) is 0 Å². The number of fused-ring (bicyclic) bond motifs is 2. The van der Waals surface area contributed by atoms with Gasteiger partial charge in [-0.05, 0) is 42.5 Å². The average Bonchev–Trinajstić information content (AvgIpc) is 2.74. The fourth-order valence-electron chi connectivity index (χ4n) is 3.03. The molecule has 4 rings (SSSR count). The average molecular weight is 424 g/mol. The second-order valence-corrected chi connectivity index (χ2v) is 6.80. The van der Waals surface area contributed by atoms with Gasteiger partial charge >= 0.3 is 0 Å². The maximum absolute atomic E-state index is 12.4. The number of anilines is 1. The van der Waals surface area contributed by atoms with Crippen LogP contribution in [-0.4, -0.2) is 33.5 Å². The summed E-state index contributed by atoms with van der Waals surface area (Å²) in [6.07, 6.45) is 0. The topological polar surface area (TPSA) is 137 Å². The summed E-state index contributed by atoms with van der Waals surface area (Å²) >= 11 is 5.85. The molecule has 2 aromatic heterocycles. The Labute approximate surface area is 173 Å². The van der Waals surface area contributed by atoms with E-state index in [0.717, 1.165) is 5.39 Å². The molecule has 9 nitrogen and oxygen atoms in total. The molecule has 4 aromatic rings. The number of nitrogens with one attached hydrogen (secondary N) is 4. The molecule has 10 heteroatoms. The number of hydrogen-bond acceptors (Lipinski definition) is 5. The molecule has 0 atom stereocenters. The third kappa shape index (κ3) is 3.78. The molecular formula is C20H14ClN5O4. The van der Waals surface area contributed by atoms with Crippen LogP contribution in [0.5, 0.6) is 0 Å². The van der Waals surface area contributed by atoms with Crippen molar-refractivity contribution in [2.75, 3.05) is 11.9 Å². The van der Waals surface area contributed by atoms with Crippen LogP contribution in [0.2, 0.25) is 5.15 Å². The van der Waals surface area contributed by atoms with Gasteiger partial charge in [-0.1, -0.05) is 17.7 Å². The molecule has 2 amide bonds. The molecule has 0 aliphatic carbocycles. The van der Waals surface area contributed by atoms with Crippen molar-refractivity contribution in [2.45, 2.75) is 0 Å². The van der Waals surface area contributed by atoms with Crippen molar-refractivity contribution in [1.82, 2.24) is 20.5 Å². The third-order valence-corrected chi connectivity index (χ3v) is 4.64. The zero-order valence-corrected chi connectivity index (χ0v) is 16.0. The van der Waals surface area contributed by atoms with Gasteiger partial charge in [-0.2, -0.15) is 0 Å². The van der Waals surface area contributed by atoms with E-state index in [4.69, 9.17) is 11.6 Å². The first-order valence-electron chi connectivity index (χ1n) is 8.80. The van der Waals surface area contributed by atoms with E-state index in [0.29, 0.717) is 16.2 Å². The molecule has 4 N–H and O–H groups in total. The minimum absolute atomic E-state index is 0.0571. The Hall–Kier alpha value is -3.98. The van der Waals surface area contributed by atoms with Gasteiger partial charge in [-0.15, -0.1) is 0 Å². The van der Waals surface area contributed by atoms with E-state index in [1.165, 1.54) is 12.1 Å². The van der Waals surface area contributed by atoms with E-state index in [-0.39, 0.29) is 23.0 Å². The number of carbonyl (C=O) groups is 2. The van der Waals surface area contributed by atoms with Gasteiger partial charge < -0.3 is 10.6 Å². The van der Waals surface area contributed by atoms with Crippen LogP contribution in [0.15, 0.2) is 58.1 Å².